The highest BCUT2D eigenvalue weighted by Gasteiger charge is 2.07. The lowest BCUT2D eigenvalue weighted by molar-refractivity contribution is 0.0954. The van der Waals surface area contributed by atoms with Crippen LogP contribution in [-0.2, 0) is 6.42 Å². The quantitative estimate of drug-likeness (QED) is 0.752. The van der Waals surface area contributed by atoms with E-state index in [1.807, 2.05) is 49.4 Å². The number of ether oxygens (including phenoxy) is 1. The molecule has 1 aromatic heterocycles. The highest BCUT2D eigenvalue weighted by atomic mass is 32.1. The molecule has 5 heteroatoms. The summed E-state index contributed by atoms with van der Waals surface area (Å²) in [6, 6.07) is 13.6. The Morgan fingerprint density at radius 1 is 1.22 bits per heavy atom. The van der Waals surface area contributed by atoms with Gasteiger partial charge in [0.2, 0.25) is 0 Å². The Morgan fingerprint density at radius 3 is 2.83 bits per heavy atom. The first-order chi connectivity index (χ1) is 11.3. The topological polar surface area (TPSA) is 51.2 Å². The molecule has 0 fully saturated rings. The maximum atomic E-state index is 12.2. The molecular formula is C18H18N2O2S. The standard InChI is InChI=1S/C18H18N2O2S/c1-2-22-15-6-3-13(4-7-15)9-10-19-18(21)14-5-8-16-17(11-14)23-12-20-16/h3-8,11-12H,2,9-10H2,1H3,(H,19,21). The first-order valence-corrected chi connectivity index (χ1v) is 8.47. The Labute approximate surface area is 139 Å². The summed E-state index contributed by atoms with van der Waals surface area (Å²) in [7, 11) is 0. The molecule has 2 aromatic carbocycles. The zero-order valence-electron chi connectivity index (χ0n) is 12.9. The zero-order valence-corrected chi connectivity index (χ0v) is 13.7. The summed E-state index contributed by atoms with van der Waals surface area (Å²) in [6.45, 7) is 3.24. The monoisotopic (exact) mass is 326 g/mol. The number of amides is 1. The van der Waals surface area contributed by atoms with Crippen LogP contribution in [0.15, 0.2) is 48.0 Å². The minimum atomic E-state index is -0.0498. The lowest BCUT2D eigenvalue weighted by Crippen LogP contribution is -2.25. The molecule has 0 spiro atoms. The molecule has 3 rings (SSSR count). The van der Waals surface area contributed by atoms with Gasteiger partial charge in [-0.3, -0.25) is 4.79 Å². The highest BCUT2D eigenvalue weighted by molar-refractivity contribution is 7.16. The van der Waals surface area contributed by atoms with Crippen molar-refractivity contribution in [1.82, 2.24) is 10.3 Å². The van der Waals surface area contributed by atoms with E-state index in [9.17, 15) is 4.79 Å². The maximum absolute atomic E-state index is 12.2. The Bertz CT molecular complexity index is 796. The van der Waals surface area contributed by atoms with E-state index in [0.717, 1.165) is 22.4 Å². The third-order valence-electron chi connectivity index (χ3n) is 3.53. The number of hydrogen-bond acceptors (Lipinski definition) is 4. The van der Waals surface area contributed by atoms with Gasteiger partial charge in [0.15, 0.2) is 0 Å². The summed E-state index contributed by atoms with van der Waals surface area (Å²) in [5.41, 5.74) is 4.57. The lowest BCUT2D eigenvalue weighted by atomic mass is 10.1. The molecule has 0 unspecified atom stereocenters. The summed E-state index contributed by atoms with van der Waals surface area (Å²) < 4.78 is 6.45. The number of thiazole rings is 1. The van der Waals surface area contributed by atoms with Gasteiger partial charge in [-0.1, -0.05) is 12.1 Å². The number of rotatable bonds is 6. The predicted molar refractivity (Wildman–Crippen MR) is 93.3 cm³/mol. The van der Waals surface area contributed by atoms with Crippen molar-refractivity contribution >= 4 is 27.5 Å². The first-order valence-electron chi connectivity index (χ1n) is 7.59. The van der Waals surface area contributed by atoms with Crippen molar-refractivity contribution in [2.45, 2.75) is 13.3 Å². The number of hydrogen-bond donors (Lipinski definition) is 1. The number of carbonyl (C=O) groups excluding carboxylic acids is 1. The van der Waals surface area contributed by atoms with E-state index in [2.05, 4.69) is 10.3 Å². The fourth-order valence-corrected chi connectivity index (χ4v) is 3.05. The molecule has 0 saturated heterocycles. The molecule has 0 bridgehead atoms. The Kier molecular flexibility index (Phi) is 4.88. The van der Waals surface area contributed by atoms with Crippen molar-refractivity contribution in [3.63, 3.8) is 0 Å². The molecule has 0 atom stereocenters. The van der Waals surface area contributed by atoms with E-state index in [4.69, 9.17) is 4.74 Å². The van der Waals surface area contributed by atoms with Gasteiger partial charge in [-0.25, -0.2) is 4.98 Å². The largest absolute Gasteiger partial charge is 0.494 e. The summed E-state index contributed by atoms with van der Waals surface area (Å²) >= 11 is 1.54. The van der Waals surface area contributed by atoms with Crippen LogP contribution in [-0.4, -0.2) is 24.0 Å². The fourth-order valence-electron chi connectivity index (χ4n) is 2.34. The molecule has 4 nitrogen and oxygen atoms in total. The Hall–Kier alpha value is -2.40. The molecule has 23 heavy (non-hydrogen) atoms. The Balaban J connectivity index is 1.54. The minimum Gasteiger partial charge on any atom is -0.494 e. The predicted octanol–water partition coefficient (Wildman–Crippen LogP) is 3.67. The number of fused-ring (bicyclic) bond motifs is 1. The van der Waals surface area contributed by atoms with E-state index in [-0.39, 0.29) is 5.91 Å². The second-order valence-corrected chi connectivity index (χ2v) is 6.00. The van der Waals surface area contributed by atoms with Gasteiger partial charge in [0, 0.05) is 12.1 Å². The van der Waals surface area contributed by atoms with Crippen LogP contribution >= 0.6 is 11.3 Å². The molecule has 1 amide bonds. The number of benzene rings is 2. The first kappa shape index (κ1) is 15.5. The normalized spacial score (nSPS) is 10.7. The van der Waals surface area contributed by atoms with Crippen LogP contribution in [0.2, 0.25) is 0 Å². The molecule has 0 radical (unpaired) electrons. The van der Waals surface area contributed by atoms with Gasteiger partial charge in [-0.05, 0) is 49.2 Å². The fraction of sp³-hybridized carbons (Fsp3) is 0.222. The molecule has 0 aliphatic rings. The number of nitrogens with zero attached hydrogens (tertiary/aromatic N) is 1. The third-order valence-corrected chi connectivity index (χ3v) is 4.32. The van der Waals surface area contributed by atoms with Crippen molar-refractivity contribution in [1.29, 1.82) is 0 Å². The van der Waals surface area contributed by atoms with Crippen LogP contribution in [0.1, 0.15) is 22.8 Å². The SMILES string of the molecule is CCOc1ccc(CCNC(=O)c2ccc3ncsc3c2)cc1. The van der Waals surface area contributed by atoms with Gasteiger partial charge in [-0.15, -0.1) is 11.3 Å². The van der Waals surface area contributed by atoms with Crippen molar-refractivity contribution in [3.05, 3.63) is 59.1 Å². The summed E-state index contributed by atoms with van der Waals surface area (Å²) in [6.07, 6.45) is 0.793. The molecule has 0 saturated carbocycles. The van der Waals surface area contributed by atoms with Gasteiger partial charge in [0.05, 0.1) is 22.3 Å². The second kappa shape index (κ2) is 7.24. The van der Waals surface area contributed by atoms with Crippen molar-refractivity contribution in [2.24, 2.45) is 0 Å². The molecule has 1 N–H and O–H groups in total. The third kappa shape index (κ3) is 3.87. The van der Waals surface area contributed by atoms with Crippen molar-refractivity contribution < 1.29 is 9.53 Å². The highest BCUT2D eigenvalue weighted by Crippen LogP contribution is 2.19. The molecule has 0 aliphatic heterocycles. The van der Waals surface area contributed by atoms with Gasteiger partial charge in [0.1, 0.15) is 5.75 Å². The van der Waals surface area contributed by atoms with Crippen LogP contribution in [0.4, 0.5) is 0 Å². The van der Waals surface area contributed by atoms with Crippen LogP contribution in [0.3, 0.4) is 0 Å². The maximum Gasteiger partial charge on any atom is 0.251 e. The van der Waals surface area contributed by atoms with Gasteiger partial charge in [0.25, 0.3) is 5.91 Å². The van der Waals surface area contributed by atoms with Crippen molar-refractivity contribution in [2.75, 3.05) is 13.2 Å². The second-order valence-electron chi connectivity index (χ2n) is 5.12. The van der Waals surface area contributed by atoms with E-state index in [1.54, 1.807) is 16.8 Å². The van der Waals surface area contributed by atoms with Gasteiger partial charge >= 0.3 is 0 Å². The average Bonchev–Trinajstić information content (AvgIpc) is 3.04. The molecule has 0 aliphatic carbocycles. The number of carbonyl (C=O) groups is 1. The molecule has 1 heterocycles. The lowest BCUT2D eigenvalue weighted by Gasteiger charge is -2.07. The van der Waals surface area contributed by atoms with Crippen molar-refractivity contribution in [3.8, 4) is 5.75 Å². The number of aromatic nitrogens is 1. The van der Waals surface area contributed by atoms with Gasteiger partial charge < -0.3 is 10.1 Å². The zero-order chi connectivity index (χ0) is 16.1. The van der Waals surface area contributed by atoms with E-state index in [1.165, 1.54) is 5.56 Å². The van der Waals surface area contributed by atoms with Crippen LogP contribution < -0.4 is 10.1 Å². The average molecular weight is 326 g/mol. The summed E-state index contributed by atoms with van der Waals surface area (Å²) in [5.74, 6) is 0.824. The van der Waals surface area contributed by atoms with Gasteiger partial charge in [-0.2, -0.15) is 0 Å². The van der Waals surface area contributed by atoms with Crippen LogP contribution in [0.5, 0.6) is 5.75 Å². The molecule has 118 valence electrons. The Morgan fingerprint density at radius 2 is 2.04 bits per heavy atom. The molecule has 3 aromatic rings. The van der Waals surface area contributed by atoms with E-state index < -0.39 is 0 Å². The smallest absolute Gasteiger partial charge is 0.251 e. The molecular weight excluding hydrogens is 308 g/mol. The van der Waals surface area contributed by atoms with Crippen LogP contribution in [0, 0.1) is 0 Å². The summed E-state index contributed by atoms with van der Waals surface area (Å²) in [4.78, 5) is 16.4. The van der Waals surface area contributed by atoms with Crippen LogP contribution in [0.25, 0.3) is 10.2 Å². The minimum absolute atomic E-state index is 0.0498. The van der Waals surface area contributed by atoms with E-state index in [0.29, 0.717) is 18.7 Å². The number of nitrogens with one attached hydrogen (secondary N) is 1. The van der Waals surface area contributed by atoms with E-state index >= 15 is 0 Å². The summed E-state index contributed by atoms with van der Waals surface area (Å²) in [5, 5.41) is 2.96.